The van der Waals surface area contributed by atoms with E-state index in [0.717, 1.165) is 32.6 Å². The third-order valence-electron chi connectivity index (χ3n) is 4.23. The predicted molar refractivity (Wildman–Crippen MR) is 68.1 cm³/mol. The number of ether oxygens (including phenoxy) is 1. The Hall–Kier alpha value is -1.69. The first-order valence-electron chi connectivity index (χ1n) is 6.58. The second-order valence-corrected chi connectivity index (χ2v) is 5.33. The van der Waals surface area contributed by atoms with Crippen molar-refractivity contribution >= 4 is 11.9 Å². The normalized spacial score (nSPS) is 24.1. The molecule has 0 radical (unpaired) electrons. The SMILES string of the molecule is O=C(O)c1ccnc(NCC2CC23CCOCC3)n1. The molecule has 2 fully saturated rings. The van der Waals surface area contributed by atoms with Crippen molar-refractivity contribution in [1.82, 2.24) is 9.97 Å². The summed E-state index contributed by atoms with van der Waals surface area (Å²) in [4.78, 5) is 18.8. The van der Waals surface area contributed by atoms with Crippen LogP contribution in [-0.2, 0) is 4.74 Å². The van der Waals surface area contributed by atoms with E-state index in [2.05, 4.69) is 15.3 Å². The van der Waals surface area contributed by atoms with Crippen molar-refractivity contribution in [2.45, 2.75) is 19.3 Å². The van der Waals surface area contributed by atoms with E-state index in [9.17, 15) is 4.79 Å². The van der Waals surface area contributed by atoms with Gasteiger partial charge in [-0.25, -0.2) is 14.8 Å². The van der Waals surface area contributed by atoms with Gasteiger partial charge in [0.2, 0.25) is 5.95 Å². The van der Waals surface area contributed by atoms with Gasteiger partial charge in [-0.1, -0.05) is 0 Å². The number of carboxylic acid groups (broad SMARTS) is 1. The molecular weight excluding hydrogens is 246 g/mol. The molecule has 1 unspecified atom stereocenters. The largest absolute Gasteiger partial charge is 0.477 e. The first-order chi connectivity index (χ1) is 9.20. The molecule has 0 amide bonds. The van der Waals surface area contributed by atoms with E-state index in [1.54, 1.807) is 0 Å². The first kappa shape index (κ1) is 12.3. The molecule has 1 saturated carbocycles. The van der Waals surface area contributed by atoms with Crippen molar-refractivity contribution in [3.8, 4) is 0 Å². The Morgan fingerprint density at radius 3 is 3.05 bits per heavy atom. The van der Waals surface area contributed by atoms with Gasteiger partial charge >= 0.3 is 5.97 Å². The van der Waals surface area contributed by atoms with Crippen LogP contribution in [0, 0.1) is 11.3 Å². The zero-order valence-corrected chi connectivity index (χ0v) is 10.6. The van der Waals surface area contributed by atoms with Gasteiger partial charge in [-0.15, -0.1) is 0 Å². The van der Waals surface area contributed by atoms with Crippen LogP contribution < -0.4 is 5.32 Å². The lowest BCUT2D eigenvalue weighted by Crippen LogP contribution is -2.21. The fourth-order valence-corrected chi connectivity index (χ4v) is 2.89. The second kappa shape index (κ2) is 4.77. The van der Waals surface area contributed by atoms with Gasteiger partial charge in [0.1, 0.15) is 0 Å². The van der Waals surface area contributed by atoms with Crippen molar-refractivity contribution in [1.29, 1.82) is 0 Å². The molecule has 102 valence electrons. The maximum absolute atomic E-state index is 10.8. The molecule has 1 atom stereocenters. The average Bonchev–Trinajstić information content (AvgIpc) is 3.10. The van der Waals surface area contributed by atoms with Gasteiger partial charge in [-0.2, -0.15) is 0 Å². The molecule has 1 aromatic heterocycles. The maximum Gasteiger partial charge on any atom is 0.354 e. The van der Waals surface area contributed by atoms with Gasteiger partial charge in [0.15, 0.2) is 5.69 Å². The molecule has 6 nitrogen and oxygen atoms in total. The van der Waals surface area contributed by atoms with Crippen LogP contribution in [-0.4, -0.2) is 40.8 Å². The van der Waals surface area contributed by atoms with Crippen molar-refractivity contribution in [3.05, 3.63) is 18.0 Å². The Kier molecular flexibility index (Phi) is 3.10. The summed E-state index contributed by atoms with van der Waals surface area (Å²) < 4.78 is 5.39. The Balaban J connectivity index is 1.56. The van der Waals surface area contributed by atoms with E-state index < -0.39 is 5.97 Å². The Morgan fingerprint density at radius 2 is 2.32 bits per heavy atom. The number of nitrogens with one attached hydrogen (secondary N) is 1. The smallest absolute Gasteiger partial charge is 0.354 e. The molecule has 2 heterocycles. The standard InChI is InChI=1S/C13H17N3O3/c17-11(18)10-1-4-14-12(16-10)15-8-9-7-13(9)2-5-19-6-3-13/h1,4,9H,2-3,5-8H2,(H,17,18)(H,14,15,16). The Morgan fingerprint density at radius 1 is 1.53 bits per heavy atom. The minimum Gasteiger partial charge on any atom is -0.477 e. The van der Waals surface area contributed by atoms with E-state index in [1.165, 1.54) is 18.7 Å². The van der Waals surface area contributed by atoms with Gasteiger partial charge in [0.05, 0.1) is 0 Å². The van der Waals surface area contributed by atoms with E-state index >= 15 is 0 Å². The summed E-state index contributed by atoms with van der Waals surface area (Å²) in [5, 5.41) is 12.0. The van der Waals surface area contributed by atoms with E-state index in [0.29, 0.717) is 17.3 Å². The van der Waals surface area contributed by atoms with E-state index in [1.807, 2.05) is 0 Å². The highest BCUT2D eigenvalue weighted by Gasteiger charge is 2.53. The first-order valence-corrected chi connectivity index (χ1v) is 6.58. The molecule has 1 aliphatic heterocycles. The van der Waals surface area contributed by atoms with Crippen LogP contribution >= 0.6 is 0 Å². The molecule has 2 N–H and O–H groups in total. The molecular formula is C13H17N3O3. The minimum absolute atomic E-state index is 0.0223. The van der Waals surface area contributed by atoms with Gasteiger partial charge in [0, 0.05) is 26.0 Å². The van der Waals surface area contributed by atoms with E-state index in [-0.39, 0.29) is 5.69 Å². The number of nitrogens with zero attached hydrogens (tertiary/aromatic N) is 2. The molecule has 2 aliphatic rings. The fourth-order valence-electron chi connectivity index (χ4n) is 2.89. The summed E-state index contributed by atoms with van der Waals surface area (Å²) in [6.07, 6.45) is 4.96. The average molecular weight is 263 g/mol. The number of aromatic carboxylic acids is 1. The van der Waals surface area contributed by atoms with Crippen LogP contribution in [0.2, 0.25) is 0 Å². The third-order valence-corrected chi connectivity index (χ3v) is 4.23. The molecule has 1 aromatic rings. The fraction of sp³-hybridized carbons (Fsp3) is 0.615. The van der Waals surface area contributed by atoms with Crippen molar-refractivity contribution in [3.63, 3.8) is 0 Å². The lowest BCUT2D eigenvalue weighted by molar-refractivity contribution is 0.0527. The Bertz CT molecular complexity index is 486. The number of aromatic nitrogens is 2. The second-order valence-electron chi connectivity index (χ2n) is 5.33. The highest BCUT2D eigenvalue weighted by atomic mass is 16.5. The van der Waals surface area contributed by atoms with Gasteiger partial charge in [-0.3, -0.25) is 0 Å². The number of hydrogen-bond donors (Lipinski definition) is 2. The quantitative estimate of drug-likeness (QED) is 0.854. The lowest BCUT2D eigenvalue weighted by atomic mass is 9.94. The topological polar surface area (TPSA) is 84.3 Å². The summed E-state index contributed by atoms with van der Waals surface area (Å²) in [7, 11) is 0. The van der Waals surface area contributed by atoms with Crippen LogP contribution in [0.5, 0.6) is 0 Å². The lowest BCUT2D eigenvalue weighted by Gasteiger charge is -2.22. The van der Waals surface area contributed by atoms with Crippen LogP contribution in [0.1, 0.15) is 29.8 Å². The highest BCUT2D eigenvalue weighted by molar-refractivity contribution is 5.85. The predicted octanol–water partition coefficient (Wildman–Crippen LogP) is 1.40. The number of carboxylic acids is 1. The molecule has 0 bridgehead atoms. The zero-order valence-electron chi connectivity index (χ0n) is 10.6. The van der Waals surface area contributed by atoms with Crippen molar-refractivity contribution in [2.24, 2.45) is 11.3 Å². The summed E-state index contributed by atoms with van der Waals surface area (Å²) in [5.74, 6) is 0.000245. The molecule has 1 aliphatic carbocycles. The number of carbonyl (C=O) groups is 1. The van der Waals surface area contributed by atoms with Gasteiger partial charge in [-0.05, 0) is 36.7 Å². The van der Waals surface area contributed by atoms with Crippen LogP contribution in [0.3, 0.4) is 0 Å². The van der Waals surface area contributed by atoms with Crippen LogP contribution in [0.15, 0.2) is 12.3 Å². The van der Waals surface area contributed by atoms with Crippen molar-refractivity contribution < 1.29 is 14.6 Å². The molecule has 1 spiro atoms. The number of hydrogen-bond acceptors (Lipinski definition) is 5. The van der Waals surface area contributed by atoms with Gasteiger partial charge < -0.3 is 15.2 Å². The summed E-state index contributed by atoms with van der Waals surface area (Å²) in [6.45, 7) is 2.53. The number of rotatable bonds is 4. The molecule has 19 heavy (non-hydrogen) atoms. The summed E-state index contributed by atoms with van der Waals surface area (Å²) in [6, 6.07) is 1.39. The summed E-state index contributed by atoms with van der Waals surface area (Å²) >= 11 is 0. The highest BCUT2D eigenvalue weighted by Crippen LogP contribution is 2.58. The van der Waals surface area contributed by atoms with Crippen molar-refractivity contribution in [2.75, 3.05) is 25.1 Å². The Labute approximate surface area is 111 Å². The third kappa shape index (κ3) is 2.53. The van der Waals surface area contributed by atoms with Crippen LogP contribution in [0.4, 0.5) is 5.95 Å². The molecule has 3 rings (SSSR count). The summed E-state index contributed by atoms with van der Waals surface area (Å²) in [5.41, 5.74) is 0.476. The van der Waals surface area contributed by atoms with Crippen LogP contribution in [0.25, 0.3) is 0 Å². The molecule has 0 aromatic carbocycles. The van der Waals surface area contributed by atoms with Gasteiger partial charge in [0.25, 0.3) is 0 Å². The zero-order chi connectivity index (χ0) is 13.3. The molecule has 6 heteroatoms. The monoisotopic (exact) mass is 263 g/mol. The number of anilines is 1. The maximum atomic E-state index is 10.8. The molecule has 1 saturated heterocycles. The minimum atomic E-state index is -1.03. The van der Waals surface area contributed by atoms with E-state index in [4.69, 9.17) is 9.84 Å².